The lowest BCUT2D eigenvalue weighted by atomic mass is 9.89. The molecule has 0 N–H and O–H groups in total. The molecular formula is C31H39BrNO4+. The van der Waals surface area contributed by atoms with Crippen LogP contribution in [-0.2, 0) is 19.4 Å². The van der Waals surface area contributed by atoms with Crippen molar-refractivity contribution in [3.63, 3.8) is 0 Å². The number of aryl methyl sites for hydroxylation is 3. The topological polar surface area (TPSA) is 40.8 Å². The number of nitrogens with zero attached hydrogens (tertiary/aromatic N) is 1. The third-order valence-corrected chi connectivity index (χ3v) is 7.89. The molecule has 0 saturated heterocycles. The Balaban J connectivity index is 1.58. The maximum absolute atomic E-state index is 6.24. The molecule has 37 heavy (non-hydrogen) atoms. The van der Waals surface area contributed by atoms with E-state index >= 15 is 0 Å². The van der Waals surface area contributed by atoms with Crippen molar-refractivity contribution in [1.82, 2.24) is 0 Å². The predicted molar refractivity (Wildman–Crippen MR) is 152 cm³/mol. The van der Waals surface area contributed by atoms with Crippen molar-refractivity contribution in [2.45, 2.75) is 71.3 Å². The minimum absolute atomic E-state index is 0.594. The van der Waals surface area contributed by atoms with E-state index in [1.54, 1.807) is 7.11 Å². The summed E-state index contributed by atoms with van der Waals surface area (Å²) >= 11 is 3.51. The van der Waals surface area contributed by atoms with E-state index in [2.05, 4.69) is 57.9 Å². The van der Waals surface area contributed by atoms with Crippen molar-refractivity contribution in [1.29, 1.82) is 0 Å². The van der Waals surface area contributed by atoms with Gasteiger partial charge in [-0.05, 0) is 42.7 Å². The summed E-state index contributed by atoms with van der Waals surface area (Å²) in [7, 11) is 1.72. The van der Waals surface area contributed by atoms with Crippen LogP contribution in [0.5, 0.6) is 23.0 Å². The lowest BCUT2D eigenvalue weighted by molar-refractivity contribution is -0.686. The van der Waals surface area contributed by atoms with E-state index in [1.807, 2.05) is 0 Å². The minimum atomic E-state index is 0.594. The number of hydrogen-bond donors (Lipinski definition) is 0. The number of hydrogen-bond acceptors (Lipinski definition) is 4. The molecule has 198 valence electrons. The second-order valence-electron chi connectivity index (χ2n) is 10.0. The van der Waals surface area contributed by atoms with Crippen molar-refractivity contribution in [3.05, 3.63) is 41.6 Å². The zero-order valence-electron chi connectivity index (χ0n) is 22.2. The molecule has 6 heteroatoms. The second-order valence-corrected chi connectivity index (χ2v) is 10.8. The molecule has 0 atom stereocenters. The summed E-state index contributed by atoms with van der Waals surface area (Å²) in [6.07, 6.45) is 13.4. The van der Waals surface area contributed by atoms with E-state index in [4.69, 9.17) is 18.9 Å². The average molecular weight is 570 g/mol. The summed E-state index contributed by atoms with van der Waals surface area (Å²) in [6, 6.07) is 8.69. The van der Waals surface area contributed by atoms with Crippen LogP contribution in [-0.4, -0.2) is 32.3 Å². The smallest absolute Gasteiger partial charge is 0.216 e. The summed E-state index contributed by atoms with van der Waals surface area (Å²) in [6.45, 7) is 5.01. The summed E-state index contributed by atoms with van der Waals surface area (Å²) in [5.41, 5.74) is 5.33. The molecule has 1 aromatic heterocycles. The van der Waals surface area contributed by atoms with Gasteiger partial charge in [-0.3, -0.25) is 0 Å². The maximum Gasteiger partial charge on any atom is 0.216 e. The van der Waals surface area contributed by atoms with Gasteiger partial charge in [-0.1, -0.05) is 61.4 Å². The lowest BCUT2D eigenvalue weighted by Gasteiger charge is -2.24. The van der Waals surface area contributed by atoms with Gasteiger partial charge in [-0.2, -0.15) is 4.57 Å². The van der Waals surface area contributed by atoms with Crippen LogP contribution in [0.15, 0.2) is 30.5 Å². The largest absolute Gasteiger partial charge is 0.493 e. The van der Waals surface area contributed by atoms with Gasteiger partial charge in [0.25, 0.3) is 0 Å². The second kappa shape index (κ2) is 12.4. The number of pyridine rings is 1. The van der Waals surface area contributed by atoms with E-state index in [0.717, 1.165) is 53.1 Å². The van der Waals surface area contributed by atoms with E-state index in [0.29, 0.717) is 19.8 Å². The first kappa shape index (κ1) is 26.1. The monoisotopic (exact) mass is 568 g/mol. The van der Waals surface area contributed by atoms with Crippen LogP contribution in [0.3, 0.4) is 0 Å². The Morgan fingerprint density at radius 1 is 0.946 bits per heavy atom. The lowest BCUT2D eigenvalue weighted by Crippen LogP contribution is -2.41. The molecule has 2 aromatic carbocycles. The molecule has 0 amide bonds. The molecule has 5 rings (SSSR count). The standard InChI is InChI=1S/C31H39BrNO4/c1-3-4-5-6-7-8-9-10-24-23-11-12-27(34-2)31(37-16-14-32)26(23)21-33-15-13-22-19-28-29(36-18-17-35-28)20-25(22)30(24)33/h11-12,19-21H,3-10,13-18H2,1-2H3/q+1. The summed E-state index contributed by atoms with van der Waals surface area (Å²) in [4.78, 5) is 0. The molecule has 0 saturated carbocycles. The van der Waals surface area contributed by atoms with Crippen molar-refractivity contribution in [2.24, 2.45) is 0 Å². The molecule has 0 bridgehead atoms. The van der Waals surface area contributed by atoms with E-state index < -0.39 is 0 Å². The first-order chi connectivity index (χ1) is 18.2. The number of rotatable bonds is 12. The Morgan fingerprint density at radius 2 is 1.70 bits per heavy atom. The van der Waals surface area contributed by atoms with Gasteiger partial charge in [0, 0.05) is 22.7 Å². The van der Waals surface area contributed by atoms with Gasteiger partial charge in [-0.15, -0.1) is 0 Å². The van der Waals surface area contributed by atoms with Crippen molar-refractivity contribution < 1.29 is 23.5 Å². The fraction of sp³-hybridized carbons (Fsp3) is 0.516. The molecule has 0 radical (unpaired) electrons. The molecule has 0 fully saturated rings. The molecule has 3 heterocycles. The number of halogens is 1. The van der Waals surface area contributed by atoms with Gasteiger partial charge >= 0.3 is 0 Å². The highest BCUT2D eigenvalue weighted by atomic mass is 79.9. The van der Waals surface area contributed by atoms with Gasteiger partial charge in [0.15, 0.2) is 35.7 Å². The number of ether oxygens (including phenoxy) is 4. The van der Waals surface area contributed by atoms with Gasteiger partial charge in [0.05, 0.1) is 24.7 Å². The molecule has 2 aliphatic rings. The quantitative estimate of drug-likeness (QED) is 0.132. The fourth-order valence-electron chi connectivity index (χ4n) is 5.75. The van der Waals surface area contributed by atoms with Gasteiger partial charge < -0.3 is 18.9 Å². The van der Waals surface area contributed by atoms with Crippen LogP contribution in [0.1, 0.15) is 63.0 Å². The highest BCUT2D eigenvalue weighted by molar-refractivity contribution is 9.09. The Bertz CT molecular complexity index is 1240. The predicted octanol–water partition coefficient (Wildman–Crippen LogP) is 7.20. The molecular weight excluding hydrogens is 530 g/mol. The summed E-state index contributed by atoms with van der Waals surface area (Å²) in [5.74, 6) is 3.36. The average Bonchev–Trinajstić information content (AvgIpc) is 2.93. The Morgan fingerprint density at radius 3 is 2.46 bits per heavy atom. The maximum atomic E-state index is 6.24. The zero-order chi connectivity index (χ0) is 25.6. The summed E-state index contributed by atoms with van der Waals surface area (Å²) in [5, 5.41) is 3.16. The van der Waals surface area contributed by atoms with Crippen LogP contribution in [0, 0.1) is 0 Å². The normalized spacial score (nSPS) is 13.8. The SMILES string of the molecule is CCCCCCCCCc1c2[n+](cc3c(OCCBr)c(OC)ccc13)CCc1cc3c(cc1-2)OCCO3. The number of unbranched alkanes of at least 4 members (excludes halogenated alkanes) is 6. The highest BCUT2D eigenvalue weighted by Gasteiger charge is 2.32. The Kier molecular flexibility index (Phi) is 8.75. The first-order valence-corrected chi connectivity index (χ1v) is 15.0. The number of alkyl halides is 1. The number of methoxy groups -OCH3 is 1. The highest BCUT2D eigenvalue weighted by Crippen LogP contribution is 2.43. The van der Waals surface area contributed by atoms with E-state index in [1.165, 1.54) is 72.7 Å². The van der Waals surface area contributed by atoms with Crippen LogP contribution in [0.25, 0.3) is 22.0 Å². The molecule has 5 nitrogen and oxygen atoms in total. The van der Waals surface area contributed by atoms with Crippen LogP contribution >= 0.6 is 15.9 Å². The first-order valence-electron chi connectivity index (χ1n) is 13.9. The van der Waals surface area contributed by atoms with E-state index in [9.17, 15) is 0 Å². The van der Waals surface area contributed by atoms with Crippen LogP contribution in [0.4, 0.5) is 0 Å². The molecule has 3 aromatic rings. The van der Waals surface area contributed by atoms with Crippen molar-refractivity contribution >= 4 is 26.7 Å². The van der Waals surface area contributed by atoms with Crippen molar-refractivity contribution in [3.8, 4) is 34.3 Å². The van der Waals surface area contributed by atoms with Crippen LogP contribution < -0.4 is 23.5 Å². The number of aromatic nitrogens is 1. The Labute approximate surface area is 229 Å². The van der Waals surface area contributed by atoms with E-state index in [-0.39, 0.29) is 0 Å². The fourth-order valence-corrected chi connectivity index (χ4v) is 5.91. The minimum Gasteiger partial charge on any atom is -0.493 e. The molecule has 0 unspecified atom stereocenters. The summed E-state index contributed by atoms with van der Waals surface area (Å²) < 4.78 is 26.3. The van der Waals surface area contributed by atoms with Crippen LogP contribution in [0.2, 0.25) is 0 Å². The third kappa shape index (κ3) is 5.55. The molecule has 0 spiro atoms. The van der Waals surface area contributed by atoms with Crippen molar-refractivity contribution in [2.75, 3.05) is 32.3 Å². The molecule has 2 aliphatic heterocycles. The number of fused-ring (bicyclic) bond motifs is 5. The van der Waals surface area contributed by atoms with Gasteiger partial charge in [0.2, 0.25) is 5.69 Å². The Hall–Kier alpha value is -2.47. The van der Waals surface area contributed by atoms with Gasteiger partial charge in [-0.25, -0.2) is 0 Å². The third-order valence-electron chi connectivity index (χ3n) is 7.56. The van der Waals surface area contributed by atoms with Gasteiger partial charge in [0.1, 0.15) is 13.2 Å². The zero-order valence-corrected chi connectivity index (χ0v) is 23.8. The number of benzene rings is 2. The molecule has 0 aliphatic carbocycles.